The van der Waals surface area contributed by atoms with E-state index in [0.29, 0.717) is 5.92 Å². The first-order valence-corrected chi connectivity index (χ1v) is 5.09. The number of nitrogens with zero attached hydrogens (tertiary/aromatic N) is 1. The Morgan fingerprint density at radius 2 is 2.27 bits per heavy atom. The van der Waals surface area contributed by atoms with Gasteiger partial charge in [0, 0.05) is 26.7 Å². The van der Waals surface area contributed by atoms with E-state index in [0.717, 1.165) is 26.1 Å². The Bertz CT molecular complexity index is 244. The van der Waals surface area contributed by atoms with Gasteiger partial charge in [-0.15, -0.1) is 0 Å². The molecule has 0 spiro atoms. The molecule has 1 heterocycles. The Morgan fingerprint density at radius 1 is 1.53 bits per heavy atom. The van der Waals surface area contributed by atoms with E-state index >= 15 is 0 Å². The lowest BCUT2D eigenvalue weighted by molar-refractivity contribution is -0.117. The number of carbonyl (C=O) groups is 2. The van der Waals surface area contributed by atoms with Crippen molar-refractivity contribution in [2.45, 2.75) is 6.42 Å². The van der Waals surface area contributed by atoms with E-state index in [-0.39, 0.29) is 18.5 Å². The lowest BCUT2D eigenvalue weighted by Gasteiger charge is -2.15. The van der Waals surface area contributed by atoms with Crippen molar-refractivity contribution < 1.29 is 9.59 Å². The van der Waals surface area contributed by atoms with Gasteiger partial charge in [-0.3, -0.25) is 4.79 Å². The third kappa shape index (κ3) is 3.75. The molecule has 86 valence electrons. The van der Waals surface area contributed by atoms with Crippen LogP contribution in [0.2, 0.25) is 0 Å². The van der Waals surface area contributed by atoms with Gasteiger partial charge in [0.25, 0.3) is 0 Å². The average Bonchev–Trinajstić information content (AvgIpc) is 2.65. The highest BCUT2D eigenvalue weighted by atomic mass is 16.2. The quantitative estimate of drug-likeness (QED) is 0.545. The van der Waals surface area contributed by atoms with Gasteiger partial charge < -0.3 is 21.3 Å². The maximum atomic E-state index is 11.3. The zero-order valence-corrected chi connectivity index (χ0v) is 8.95. The maximum absolute atomic E-state index is 11.3. The van der Waals surface area contributed by atoms with E-state index in [9.17, 15) is 9.59 Å². The van der Waals surface area contributed by atoms with Crippen LogP contribution >= 0.6 is 0 Å². The predicted molar refractivity (Wildman–Crippen MR) is 56.2 cm³/mol. The molecule has 6 heteroatoms. The van der Waals surface area contributed by atoms with E-state index < -0.39 is 0 Å². The highest BCUT2D eigenvalue weighted by Crippen LogP contribution is 2.14. The van der Waals surface area contributed by atoms with Gasteiger partial charge in [0.1, 0.15) is 0 Å². The van der Waals surface area contributed by atoms with Crippen molar-refractivity contribution in [3.8, 4) is 0 Å². The van der Waals surface area contributed by atoms with E-state index in [4.69, 9.17) is 5.73 Å². The van der Waals surface area contributed by atoms with Crippen LogP contribution in [0.1, 0.15) is 6.42 Å². The third-order valence-corrected chi connectivity index (χ3v) is 2.52. The van der Waals surface area contributed by atoms with Gasteiger partial charge in [-0.1, -0.05) is 0 Å². The highest BCUT2D eigenvalue weighted by molar-refractivity contribution is 5.75. The normalized spacial score (nSPS) is 20.3. The molecule has 15 heavy (non-hydrogen) atoms. The summed E-state index contributed by atoms with van der Waals surface area (Å²) in [6.45, 7) is 2.46. The smallest absolute Gasteiger partial charge is 0.317 e. The SMILES string of the molecule is CNC(=O)N1CCC(CNCC(N)=O)C1. The highest BCUT2D eigenvalue weighted by Gasteiger charge is 2.24. The molecule has 1 aliphatic rings. The van der Waals surface area contributed by atoms with Gasteiger partial charge in [0.15, 0.2) is 0 Å². The van der Waals surface area contributed by atoms with Crippen LogP contribution in [0.3, 0.4) is 0 Å². The Labute approximate surface area is 89.2 Å². The molecular weight excluding hydrogens is 196 g/mol. The van der Waals surface area contributed by atoms with Crippen molar-refractivity contribution in [2.75, 3.05) is 33.2 Å². The minimum Gasteiger partial charge on any atom is -0.369 e. The second-order valence-corrected chi connectivity index (χ2v) is 3.75. The summed E-state index contributed by atoms with van der Waals surface area (Å²) in [4.78, 5) is 23.5. The standard InChI is InChI=1S/C9H18N4O2/c1-11-9(15)13-3-2-7(6-13)4-12-5-8(10)14/h7,12H,2-6H2,1H3,(H2,10,14)(H,11,15). The van der Waals surface area contributed by atoms with E-state index in [1.165, 1.54) is 0 Å². The fraction of sp³-hybridized carbons (Fsp3) is 0.778. The molecule has 4 N–H and O–H groups in total. The van der Waals surface area contributed by atoms with Crippen molar-refractivity contribution in [3.63, 3.8) is 0 Å². The first kappa shape index (κ1) is 11.8. The van der Waals surface area contributed by atoms with E-state index in [1.807, 2.05) is 0 Å². The van der Waals surface area contributed by atoms with Gasteiger partial charge >= 0.3 is 6.03 Å². The summed E-state index contributed by atoms with van der Waals surface area (Å²) in [6.07, 6.45) is 0.971. The molecule has 1 saturated heterocycles. The fourth-order valence-electron chi connectivity index (χ4n) is 1.74. The molecule has 0 aromatic heterocycles. The summed E-state index contributed by atoms with van der Waals surface area (Å²) in [7, 11) is 1.63. The molecule has 0 radical (unpaired) electrons. The van der Waals surface area contributed by atoms with E-state index in [1.54, 1.807) is 11.9 Å². The Morgan fingerprint density at radius 3 is 2.87 bits per heavy atom. The fourth-order valence-corrected chi connectivity index (χ4v) is 1.74. The van der Waals surface area contributed by atoms with Gasteiger partial charge in [0.2, 0.25) is 5.91 Å². The Hall–Kier alpha value is -1.30. The minimum absolute atomic E-state index is 0.0348. The number of likely N-dealkylation sites (tertiary alicyclic amines) is 1. The largest absolute Gasteiger partial charge is 0.369 e. The lowest BCUT2D eigenvalue weighted by atomic mass is 10.1. The zero-order chi connectivity index (χ0) is 11.3. The number of amides is 3. The number of primary amides is 1. The predicted octanol–water partition coefficient (Wildman–Crippen LogP) is -1.28. The van der Waals surface area contributed by atoms with Crippen LogP contribution in [0.15, 0.2) is 0 Å². The molecule has 1 aliphatic heterocycles. The molecule has 1 fully saturated rings. The summed E-state index contributed by atoms with van der Waals surface area (Å²) in [5, 5.41) is 5.57. The second kappa shape index (κ2) is 5.55. The van der Waals surface area contributed by atoms with Crippen molar-refractivity contribution in [3.05, 3.63) is 0 Å². The van der Waals surface area contributed by atoms with Crippen LogP contribution in [0.5, 0.6) is 0 Å². The number of nitrogens with one attached hydrogen (secondary N) is 2. The van der Waals surface area contributed by atoms with Crippen molar-refractivity contribution in [1.29, 1.82) is 0 Å². The molecule has 0 bridgehead atoms. The van der Waals surface area contributed by atoms with Crippen molar-refractivity contribution >= 4 is 11.9 Å². The number of hydrogen-bond donors (Lipinski definition) is 3. The molecule has 0 aromatic carbocycles. The first-order chi connectivity index (χ1) is 7.13. The van der Waals surface area contributed by atoms with Crippen LogP contribution in [0.4, 0.5) is 4.79 Å². The van der Waals surface area contributed by atoms with Crippen LogP contribution in [-0.4, -0.2) is 50.1 Å². The number of rotatable bonds is 4. The van der Waals surface area contributed by atoms with Crippen LogP contribution in [0.25, 0.3) is 0 Å². The number of carbonyl (C=O) groups excluding carboxylic acids is 2. The molecule has 1 rings (SSSR count). The zero-order valence-electron chi connectivity index (χ0n) is 8.95. The summed E-state index contributed by atoms with van der Waals surface area (Å²) >= 11 is 0. The molecule has 1 atom stereocenters. The van der Waals surface area contributed by atoms with Gasteiger partial charge in [-0.25, -0.2) is 4.79 Å². The average molecular weight is 214 g/mol. The van der Waals surface area contributed by atoms with Crippen LogP contribution in [-0.2, 0) is 4.79 Å². The molecule has 0 saturated carbocycles. The molecule has 0 aromatic rings. The topological polar surface area (TPSA) is 87.5 Å². The van der Waals surface area contributed by atoms with Crippen LogP contribution in [0, 0.1) is 5.92 Å². The Balaban J connectivity index is 2.19. The lowest BCUT2D eigenvalue weighted by Crippen LogP contribution is -2.37. The molecule has 6 nitrogen and oxygen atoms in total. The molecule has 3 amide bonds. The number of urea groups is 1. The van der Waals surface area contributed by atoms with Gasteiger partial charge in [-0.2, -0.15) is 0 Å². The van der Waals surface area contributed by atoms with Crippen molar-refractivity contribution in [2.24, 2.45) is 11.7 Å². The maximum Gasteiger partial charge on any atom is 0.317 e. The second-order valence-electron chi connectivity index (χ2n) is 3.75. The summed E-state index contributed by atoms with van der Waals surface area (Å²) in [5.74, 6) is 0.0674. The monoisotopic (exact) mass is 214 g/mol. The first-order valence-electron chi connectivity index (χ1n) is 5.09. The molecular formula is C9H18N4O2. The van der Waals surface area contributed by atoms with E-state index in [2.05, 4.69) is 10.6 Å². The Kier molecular flexibility index (Phi) is 4.36. The summed E-state index contributed by atoms with van der Waals surface area (Å²) < 4.78 is 0. The summed E-state index contributed by atoms with van der Waals surface area (Å²) in [5.41, 5.74) is 5.00. The van der Waals surface area contributed by atoms with Crippen LogP contribution < -0.4 is 16.4 Å². The number of nitrogens with two attached hydrogens (primary N) is 1. The molecule has 1 unspecified atom stereocenters. The summed E-state index contributed by atoms with van der Waals surface area (Å²) in [6, 6.07) is -0.0348. The number of hydrogen-bond acceptors (Lipinski definition) is 3. The van der Waals surface area contributed by atoms with Gasteiger partial charge in [-0.05, 0) is 12.3 Å². The third-order valence-electron chi connectivity index (χ3n) is 2.52. The minimum atomic E-state index is -0.351. The molecule has 0 aliphatic carbocycles. The van der Waals surface area contributed by atoms with Gasteiger partial charge in [0.05, 0.1) is 6.54 Å². The van der Waals surface area contributed by atoms with Crippen molar-refractivity contribution in [1.82, 2.24) is 15.5 Å².